The van der Waals surface area contributed by atoms with Gasteiger partial charge in [-0.25, -0.2) is 9.97 Å². The van der Waals surface area contributed by atoms with Crippen molar-refractivity contribution in [3.8, 4) is 11.3 Å². The van der Waals surface area contributed by atoms with E-state index >= 15 is 0 Å². The molecule has 1 amide bonds. The summed E-state index contributed by atoms with van der Waals surface area (Å²) in [5, 5.41) is 13.3. The number of aliphatic hydroxyl groups is 1. The van der Waals surface area contributed by atoms with Gasteiger partial charge in [0.05, 0.1) is 5.69 Å². The molecule has 9 heteroatoms. The fourth-order valence-corrected chi connectivity index (χ4v) is 4.28. The van der Waals surface area contributed by atoms with Gasteiger partial charge in [0, 0.05) is 80.9 Å². The van der Waals surface area contributed by atoms with Crippen LogP contribution in [-0.4, -0.2) is 76.1 Å². The predicted molar refractivity (Wildman–Crippen MR) is 155 cm³/mol. The number of aryl methyl sites for hydroxylation is 1. The van der Waals surface area contributed by atoms with Crippen molar-refractivity contribution in [1.82, 2.24) is 24.8 Å². The molecule has 4 aromatic rings. The number of rotatable bonds is 7. The standard InChI is InChI=1S/C29H31N7O.CH4O/c1-21-5-10-25(18-27(21)34-29-31-13-11-26(33-29)24-4-3-12-30-19-24)32-28(37)23-8-6-22(7-9-23)20-36-16-14-35(2)15-17-36;1-2/h3-13,18-19H,14-17,20H2,1-2H3,(H,32,37)(H,31,33,34);2H,1H3. The summed E-state index contributed by atoms with van der Waals surface area (Å²) < 4.78 is 0. The number of amides is 1. The smallest absolute Gasteiger partial charge is 0.255 e. The normalized spacial score (nSPS) is 13.7. The summed E-state index contributed by atoms with van der Waals surface area (Å²) in [7, 11) is 3.16. The minimum Gasteiger partial charge on any atom is -0.400 e. The van der Waals surface area contributed by atoms with Crippen LogP contribution in [0, 0.1) is 6.92 Å². The summed E-state index contributed by atoms with van der Waals surface area (Å²) in [6.45, 7) is 7.24. The molecule has 1 saturated heterocycles. The van der Waals surface area contributed by atoms with Gasteiger partial charge in [0.15, 0.2) is 0 Å². The Kier molecular flexibility index (Phi) is 9.69. The van der Waals surface area contributed by atoms with Crippen LogP contribution >= 0.6 is 0 Å². The molecule has 202 valence electrons. The van der Waals surface area contributed by atoms with Crippen LogP contribution in [0.4, 0.5) is 17.3 Å². The number of carbonyl (C=O) groups is 1. The molecule has 1 aliphatic rings. The molecule has 0 aliphatic carbocycles. The summed E-state index contributed by atoms with van der Waals surface area (Å²) >= 11 is 0. The lowest BCUT2D eigenvalue weighted by atomic mass is 10.1. The van der Waals surface area contributed by atoms with Crippen LogP contribution in [-0.2, 0) is 6.54 Å². The quantitative estimate of drug-likeness (QED) is 0.330. The molecule has 0 spiro atoms. The average Bonchev–Trinajstić information content (AvgIpc) is 2.98. The number of carbonyl (C=O) groups excluding carboxylic acids is 1. The molecule has 1 fully saturated rings. The fraction of sp³-hybridized carbons (Fsp3) is 0.267. The lowest BCUT2D eigenvalue weighted by Gasteiger charge is -2.32. The molecular weight excluding hydrogens is 490 g/mol. The molecule has 39 heavy (non-hydrogen) atoms. The lowest BCUT2D eigenvalue weighted by Crippen LogP contribution is -2.43. The summed E-state index contributed by atoms with van der Waals surface area (Å²) in [5.41, 5.74) is 6.08. The number of piperazine rings is 1. The highest BCUT2D eigenvalue weighted by Gasteiger charge is 2.14. The van der Waals surface area contributed by atoms with E-state index in [1.54, 1.807) is 18.6 Å². The third kappa shape index (κ3) is 7.67. The van der Waals surface area contributed by atoms with Gasteiger partial charge >= 0.3 is 0 Å². The maximum Gasteiger partial charge on any atom is 0.255 e. The van der Waals surface area contributed by atoms with Gasteiger partial charge in [-0.05, 0) is 67.6 Å². The molecule has 5 rings (SSSR count). The van der Waals surface area contributed by atoms with Gasteiger partial charge in [0.25, 0.3) is 5.91 Å². The first-order valence-electron chi connectivity index (χ1n) is 12.9. The van der Waals surface area contributed by atoms with E-state index in [2.05, 4.69) is 42.4 Å². The van der Waals surface area contributed by atoms with Gasteiger partial charge in [0.1, 0.15) is 0 Å². The van der Waals surface area contributed by atoms with Gasteiger partial charge in [0.2, 0.25) is 5.95 Å². The van der Waals surface area contributed by atoms with Gasteiger partial charge in [-0.1, -0.05) is 18.2 Å². The molecule has 0 radical (unpaired) electrons. The van der Waals surface area contributed by atoms with Crippen LogP contribution in [0.1, 0.15) is 21.5 Å². The topological polar surface area (TPSA) is 107 Å². The molecule has 0 bridgehead atoms. The van der Waals surface area contributed by atoms with Crippen molar-refractivity contribution in [3.63, 3.8) is 0 Å². The van der Waals surface area contributed by atoms with Crippen LogP contribution in [0.25, 0.3) is 11.3 Å². The molecule has 9 nitrogen and oxygen atoms in total. The Morgan fingerprint density at radius 3 is 2.46 bits per heavy atom. The highest BCUT2D eigenvalue weighted by atomic mass is 16.2. The van der Waals surface area contributed by atoms with E-state index in [9.17, 15) is 4.79 Å². The number of nitrogens with zero attached hydrogens (tertiary/aromatic N) is 5. The zero-order chi connectivity index (χ0) is 27.6. The summed E-state index contributed by atoms with van der Waals surface area (Å²) in [5.74, 6) is 0.333. The third-order valence-electron chi connectivity index (χ3n) is 6.57. The predicted octanol–water partition coefficient (Wildman–Crippen LogP) is 4.20. The molecule has 0 saturated carbocycles. The van der Waals surface area contributed by atoms with Gasteiger partial charge < -0.3 is 20.6 Å². The number of hydrogen-bond donors (Lipinski definition) is 3. The average molecular weight is 526 g/mol. The number of aliphatic hydroxyl groups excluding tert-OH is 1. The summed E-state index contributed by atoms with van der Waals surface area (Å²) in [6, 6.07) is 19.3. The molecule has 2 aromatic heterocycles. The number of anilines is 3. The van der Waals surface area contributed by atoms with Crippen LogP contribution in [0.15, 0.2) is 79.3 Å². The van der Waals surface area contributed by atoms with Gasteiger partial charge in [-0.3, -0.25) is 14.7 Å². The minimum absolute atomic E-state index is 0.143. The SMILES string of the molecule is CO.Cc1ccc(NC(=O)c2ccc(CN3CCN(C)CC3)cc2)cc1Nc1nccc(-c2cccnc2)n1. The van der Waals surface area contributed by atoms with Crippen molar-refractivity contribution >= 4 is 23.2 Å². The second kappa shape index (κ2) is 13.6. The van der Waals surface area contributed by atoms with E-state index in [0.29, 0.717) is 17.2 Å². The first-order chi connectivity index (χ1) is 19.0. The summed E-state index contributed by atoms with van der Waals surface area (Å²) in [6.07, 6.45) is 5.22. The van der Waals surface area contributed by atoms with Crippen LogP contribution in [0.5, 0.6) is 0 Å². The summed E-state index contributed by atoms with van der Waals surface area (Å²) in [4.78, 5) is 30.9. The van der Waals surface area contributed by atoms with E-state index in [1.165, 1.54) is 5.56 Å². The first-order valence-corrected chi connectivity index (χ1v) is 12.9. The molecule has 3 heterocycles. The van der Waals surface area contributed by atoms with Gasteiger partial charge in [-0.2, -0.15) is 0 Å². The van der Waals surface area contributed by atoms with Crippen molar-refractivity contribution in [1.29, 1.82) is 0 Å². The van der Waals surface area contributed by atoms with Crippen molar-refractivity contribution in [2.45, 2.75) is 13.5 Å². The molecule has 0 unspecified atom stereocenters. The van der Waals surface area contributed by atoms with Gasteiger partial charge in [-0.15, -0.1) is 0 Å². The second-order valence-corrected chi connectivity index (χ2v) is 9.39. The third-order valence-corrected chi connectivity index (χ3v) is 6.57. The zero-order valence-electron chi connectivity index (χ0n) is 22.6. The Morgan fingerprint density at radius 1 is 0.974 bits per heavy atom. The number of likely N-dealkylation sites (N-methyl/N-ethyl adjacent to an activating group) is 1. The second-order valence-electron chi connectivity index (χ2n) is 9.39. The van der Waals surface area contributed by atoms with E-state index in [4.69, 9.17) is 5.11 Å². The Balaban J connectivity index is 0.00000172. The fourth-order valence-electron chi connectivity index (χ4n) is 4.28. The molecule has 1 aliphatic heterocycles. The van der Waals surface area contributed by atoms with E-state index in [-0.39, 0.29) is 5.91 Å². The number of nitrogens with one attached hydrogen (secondary N) is 2. The number of hydrogen-bond acceptors (Lipinski definition) is 8. The largest absolute Gasteiger partial charge is 0.400 e. The number of benzene rings is 2. The Labute approximate surface area is 229 Å². The van der Waals surface area contributed by atoms with Crippen molar-refractivity contribution in [2.75, 3.05) is 51.0 Å². The lowest BCUT2D eigenvalue weighted by molar-refractivity contribution is 0.102. The van der Waals surface area contributed by atoms with E-state index in [0.717, 1.165) is 62.3 Å². The monoisotopic (exact) mass is 525 g/mol. The zero-order valence-corrected chi connectivity index (χ0v) is 22.6. The molecule has 2 aromatic carbocycles. The molecular formula is C30H35N7O2. The first kappa shape index (κ1) is 27.8. The van der Waals surface area contributed by atoms with Crippen molar-refractivity contribution in [2.24, 2.45) is 0 Å². The van der Waals surface area contributed by atoms with Crippen LogP contribution in [0.2, 0.25) is 0 Å². The highest BCUT2D eigenvalue weighted by Crippen LogP contribution is 2.24. The molecule has 3 N–H and O–H groups in total. The Bertz CT molecular complexity index is 1360. The van der Waals surface area contributed by atoms with Crippen LogP contribution in [0.3, 0.4) is 0 Å². The van der Waals surface area contributed by atoms with Crippen molar-refractivity contribution in [3.05, 3.63) is 95.9 Å². The maximum absolute atomic E-state index is 12.9. The Morgan fingerprint density at radius 2 is 1.74 bits per heavy atom. The highest BCUT2D eigenvalue weighted by molar-refractivity contribution is 6.04. The number of pyridine rings is 1. The number of aromatic nitrogens is 3. The van der Waals surface area contributed by atoms with Crippen molar-refractivity contribution < 1.29 is 9.90 Å². The minimum atomic E-state index is -0.143. The maximum atomic E-state index is 12.9. The van der Waals surface area contributed by atoms with Crippen LogP contribution < -0.4 is 10.6 Å². The Hall–Kier alpha value is -4.18. The van der Waals surface area contributed by atoms with E-state index in [1.807, 2.05) is 67.6 Å². The molecule has 0 atom stereocenters. The van der Waals surface area contributed by atoms with E-state index < -0.39 is 0 Å².